The van der Waals surface area contributed by atoms with Crippen LogP contribution in [0.4, 0.5) is 0 Å². The van der Waals surface area contributed by atoms with Crippen LogP contribution in [0.1, 0.15) is 48.3 Å². The van der Waals surface area contributed by atoms with Gasteiger partial charge in [0.05, 0.1) is 22.2 Å². The van der Waals surface area contributed by atoms with E-state index in [0.717, 1.165) is 29.7 Å². The molecule has 0 fully saturated rings. The molecule has 1 N–H and O–H groups in total. The average molecular weight is 559 g/mol. The fourth-order valence-corrected chi connectivity index (χ4v) is 5.69. The van der Waals surface area contributed by atoms with Gasteiger partial charge in [0.1, 0.15) is 5.84 Å². The molecule has 10 heteroatoms. The number of rotatable bonds is 4. The predicted molar refractivity (Wildman–Crippen MR) is 154 cm³/mol. The molecule has 198 valence electrons. The lowest BCUT2D eigenvalue weighted by Crippen LogP contribution is -2.46. The van der Waals surface area contributed by atoms with Crippen LogP contribution in [-0.4, -0.2) is 44.0 Å². The molecule has 0 bridgehead atoms. The summed E-state index contributed by atoms with van der Waals surface area (Å²) in [4.78, 5) is 4.54. The Balaban J connectivity index is 1.58. The van der Waals surface area contributed by atoms with E-state index in [1.165, 1.54) is 24.3 Å². The van der Waals surface area contributed by atoms with Gasteiger partial charge in [0, 0.05) is 30.5 Å². The Morgan fingerprint density at radius 2 is 1.77 bits per heavy atom. The summed E-state index contributed by atoms with van der Waals surface area (Å²) >= 11 is 6.16. The van der Waals surface area contributed by atoms with Gasteiger partial charge in [0.2, 0.25) is 5.96 Å². The number of halogens is 1. The van der Waals surface area contributed by atoms with Gasteiger partial charge in [-0.3, -0.25) is 4.99 Å². The average Bonchev–Trinajstić information content (AvgIpc) is 2.98. The molecule has 2 heterocycles. The quantitative estimate of drug-likeness (QED) is 0.344. The van der Waals surface area contributed by atoms with Crippen molar-refractivity contribution in [1.82, 2.24) is 10.3 Å². The van der Waals surface area contributed by atoms with Crippen LogP contribution < -0.4 is 5.32 Å². The zero-order valence-electron chi connectivity index (χ0n) is 21.2. The lowest BCUT2D eigenvalue weighted by Gasteiger charge is -2.32. The third kappa shape index (κ3) is 6.36. The Hall–Kier alpha value is -4.00. The molecule has 0 radical (unpaired) electrons. The van der Waals surface area contributed by atoms with Crippen LogP contribution in [0.15, 0.2) is 98.2 Å². The largest absolute Gasteiger partial charge is 0.312 e. The highest BCUT2D eigenvalue weighted by molar-refractivity contribution is 7.90. The molecule has 8 nitrogen and oxygen atoms in total. The Morgan fingerprint density at radius 1 is 1.03 bits per heavy atom. The molecule has 1 atom stereocenters. The number of hydrogen-bond acceptors (Lipinski definition) is 5. The monoisotopic (exact) mass is 558 g/mol. The van der Waals surface area contributed by atoms with E-state index in [9.17, 15) is 8.42 Å². The molecular weight excluding hydrogens is 532 g/mol. The van der Waals surface area contributed by atoms with Crippen molar-refractivity contribution < 1.29 is 8.42 Å². The van der Waals surface area contributed by atoms with Gasteiger partial charge in [-0.2, -0.15) is 18.8 Å². The van der Waals surface area contributed by atoms with E-state index < -0.39 is 10.0 Å². The molecule has 5 rings (SSSR count). The topological polar surface area (TPSA) is 110 Å². The Morgan fingerprint density at radius 3 is 2.44 bits per heavy atom. The van der Waals surface area contributed by atoms with Crippen molar-refractivity contribution in [2.45, 2.75) is 36.5 Å². The maximum atomic E-state index is 13.4. The molecule has 0 aliphatic carbocycles. The fourth-order valence-electron chi connectivity index (χ4n) is 4.61. The lowest BCUT2D eigenvalue weighted by molar-refractivity contribution is 0.395. The minimum absolute atomic E-state index is 0.00651. The van der Waals surface area contributed by atoms with Crippen LogP contribution in [0.5, 0.6) is 0 Å². The van der Waals surface area contributed by atoms with E-state index in [1.807, 2.05) is 48.5 Å². The lowest BCUT2D eigenvalue weighted by atomic mass is 9.86. The number of amidine groups is 1. The normalized spacial score (nSPS) is 18.1. The molecular formula is C29H27ClN6O2S. The first-order valence-electron chi connectivity index (χ1n) is 12.8. The van der Waals surface area contributed by atoms with Gasteiger partial charge in [0.15, 0.2) is 0 Å². The van der Waals surface area contributed by atoms with E-state index >= 15 is 0 Å². The molecule has 39 heavy (non-hydrogen) atoms. The van der Waals surface area contributed by atoms with Gasteiger partial charge in [-0.25, -0.2) is 5.01 Å². The highest BCUT2D eigenvalue weighted by Crippen LogP contribution is 2.30. The molecule has 3 aromatic carbocycles. The summed E-state index contributed by atoms with van der Waals surface area (Å²) in [6.07, 6.45) is 3.33. The summed E-state index contributed by atoms with van der Waals surface area (Å²) in [5.41, 5.74) is 3.18. The molecule has 2 aliphatic rings. The van der Waals surface area contributed by atoms with E-state index in [1.54, 1.807) is 5.01 Å². The highest BCUT2D eigenvalue weighted by atomic mass is 35.5. The zero-order chi connectivity index (χ0) is 27.2. The number of guanidine groups is 1. The van der Waals surface area contributed by atoms with E-state index in [0.29, 0.717) is 42.4 Å². The standard InChI is InChI=1S/C29H27ClN6O2S/c30-24-13-11-23(12-14-24)28-26(22-6-2-1-3-7-22)17-19-36(34-28)29(33-27-8-4-5-18-32-27)35-39(37,38)25-15-9-21(20-31)10-16-25/h1-3,6-7,9-16,26H,4-5,8,17-19H2,(H,32,33,35). The van der Waals surface area contributed by atoms with Crippen molar-refractivity contribution in [2.75, 3.05) is 13.1 Å². The first-order valence-corrected chi connectivity index (χ1v) is 14.6. The van der Waals surface area contributed by atoms with Crippen molar-refractivity contribution in [3.63, 3.8) is 0 Å². The van der Waals surface area contributed by atoms with Crippen LogP contribution in [0.3, 0.4) is 0 Å². The van der Waals surface area contributed by atoms with Crippen LogP contribution >= 0.6 is 11.6 Å². The summed E-state index contributed by atoms with van der Waals surface area (Å²) < 4.78 is 30.9. The van der Waals surface area contributed by atoms with Gasteiger partial charge >= 0.3 is 0 Å². The number of nitriles is 1. The molecule has 0 spiro atoms. The van der Waals surface area contributed by atoms with Gasteiger partial charge < -0.3 is 5.32 Å². The SMILES string of the molecule is N#Cc1ccc(S(=O)(=O)/N=C(/NC2=NCCCC2)N2CCC(c3ccccc3)C(c3ccc(Cl)cc3)=N2)cc1. The maximum Gasteiger partial charge on any atom is 0.285 e. The first kappa shape index (κ1) is 26.6. The molecule has 3 aromatic rings. The third-order valence-electron chi connectivity index (χ3n) is 6.64. The first-order chi connectivity index (χ1) is 18.9. The minimum atomic E-state index is -4.11. The van der Waals surface area contributed by atoms with Crippen molar-refractivity contribution in [2.24, 2.45) is 14.5 Å². The fraction of sp³-hybridized carbons (Fsp3) is 0.241. The second-order valence-corrected chi connectivity index (χ2v) is 11.3. The number of sulfonamides is 1. The Labute approximate surface area is 233 Å². The van der Waals surface area contributed by atoms with Gasteiger partial charge in [0.25, 0.3) is 10.0 Å². The molecule has 1 unspecified atom stereocenters. The molecule has 0 amide bonds. The highest BCUT2D eigenvalue weighted by Gasteiger charge is 2.30. The van der Waals surface area contributed by atoms with E-state index in [2.05, 4.69) is 26.8 Å². The molecule has 2 aliphatic heterocycles. The number of aliphatic imine (C=N–C) groups is 1. The Bertz CT molecular complexity index is 1560. The number of hydrogen-bond donors (Lipinski definition) is 1. The van der Waals surface area contributed by atoms with Gasteiger partial charge in [-0.1, -0.05) is 54.1 Å². The maximum absolute atomic E-state index is 13.4. The number of nitrogens with one attached hydrogen (secondary N) is 1. The van der Waals surface area contributed by atoms with Crippen molar-refractivity contribution in [1.29, 1.82) is 5.26 Å². The van der Waals surface area contributed by atoms with Crippen LogP contribution in [-0.2, 0) is 10.0 Å². The predicted octanol–water partition coefficient (Wildman–Crippen LogP) is 5.32. The molecule has 0 aromatic heterocycles. The zero-order valence-corrected chi connectivity index (χ0v) is 22.7. The summed E-state index contributed by atoms with van der Waals surface area (Å²) in [7, 11) is -4.11. The number of benzene rings is 3. The second kappa shape index (κ2) is 11.8. The van der Waals surface area contributed by atoms with E-state index in [4.69, 9.17) is 22.0 Å². The van der Waals surface area contributed by atoms with Crippen molar-refractivity contribution in [3.8, 4) is 6.07 Å². The summed E-state index contributed by atoms with van der Waals surface area (Å²) in [5.74, 6) is 0.786. The molecule has 0 saturated carbocycles. The van der Waals surface area contributed by atoms with Crippen LogP contribution in [0.2, 0.25) is 5.02 Å². The van der Waals surface area contributed by atoms with Crippen LogP contribution in [0, 0.1) is 11.3 Å². The summed E-state index contributed by atoms with van der Waals surface area (Å²) in [5, 5.41) is 19.5. The van der Waals surface area contributed by atoms with Crippen molar-refractivity contribution >= 4 is 39.1 Å². The smallest absolute Gasteiger partial charge is 0.285 e. The van der Waals surface area contributed by atoms with Crippen LogP contribution in [0.25, 0.3) is 0 Å². The van der Waals surface area contributed by atoms with E-state index in [-0.39, 0.29) is 16.8 Å². The second-order valence-electron chi connectivity index (χ2n) is 9.30. The summed E-state index contributed by atoms with van der Waals surface area (Å²) in [6, 6.07) is 25.3. The summed E-state index contributed by atoms with van der Waals surface area (Å²) in [6.45, 7) is 1.12. The Kier molecular flexibility index (Phi) is 8.05. The number of nitrogens with zero attached hydrogens (tertiary/aromatic N) is 5. The minimum Gasteiger partial charge on any atom is -0.312 e. The van der Waals surface area contributed by atoms with Crippen molar-refractivity contribution in [3.05, 3.63) is 101 Å². The number of hydrazone groups is 1. The van der Waals surface area contributed by atoms with Gasteiger partial charge in [-0.15, -0.1) is 4.40 Å². The van der Waals surface area contributed by atoms with Gasteiger partial charge in [-0.05, 0) is 66.8 Å². The molecule has 0 saturated heterocycles. The third-order valence-corrected chi connectivity index (χ3v) is 8.18.